The van der Waals surface area contributed by atoms with Gasteiger partial charge in [0.25, 0.3) is 0 Å². The van der Waals surface area contributed by atoms with E-state index in [1.807, 2.05) is 45.8 Å². The summed E-state index contributed by atoms with van der Waals surface area (Å²) in [5, 5.41) is 9.22. The van der Waals surface area contributed by atoms with E-state index in [-0.39, 0.29) is 24.1 Å². The Morgan fingerprint density at radius 3 is 2.67 bits per heavy atom. The molecule has 2 aromatic rings. The number of carbonyl (C=O) groups excluding carboxylic acids is 2. The number of nitrogens with zero attached hydrogens (tertiary/aromatic N) is 4. The number of carbonyl (C=O) groups is 2. The van der Waals surface area contributed by atoms with Gasteiger partial charge in [0, 0.05) is 51.3 Å². The van der Waals surface area contributed by atoms with Crippen molar-refractivity contribution in [3.63, 3.8) is 0 Å². The molecule has 0 aliphatic heterocycles. The molecular formula is C29H40FN7O2. The molecule has 1 aromatic heterocycles. The fourth-order valence-corrected chi connectivity index (χ4v) is 3.58. The van der Waals surface area contributed by atoms with E-state index in [0.717, 1.165) is 6.42 Å². The van der Waals surface area contributed by atoms with Gasteiger partial charge in [-0.15, -0.1) is 0 Å². The Morgan fingerprint density at radius 1 is 1.21 bits per heavy atom. The lowest BCUT2D eigenvalue weighted by atomic mass is 10.0. The van der Waals surface area contributed by atoms with Crippen molar-refractivity contribution in [2.75, 3.05) is 51.4 Å². The molecule has 0 saturated heterocycles. The third-order valence-corrected chi connectivity index (χ3v) is 5.33. The first-order valence-corrected chi connectivity index (χ1v) is 13.0. The zero-order valence-corrected chi connectivity index (χ0v) is 23.8. The molecule has 39 heavy (non-hydrogen) atoms. The van der Waals surface area contributed by atoms with Gasteiger partial charge in [-0.25, -0.2) is 9.37 Å². The van der Waals surface area contributed by atoms with Crippen LogP contribution in [0.1, 0.15) is 45.6 Å². The average molecular weight is 538 g/mol. The normalized spacial score (nSPS) is 11.2. The van der Waals surface area contributed by atoms with Crippen molar-refractivity contribution in [3.05, 3.63) is 54.0 Å². The molecule has 2 amide bonds. The second-order valence-electron chi connectivity index (χ2n) is 10.1. The Hall–Kier alpha value is -3.97. The quantitative estimate of drug-likeness (QED) is 0.264. The predicted molar refractivity (Wildman–Crippen MR) is 154 cm³/mol. The molecule has 1 aromatic carbocycles. The summed E-state index contributed by atoms with van der Waals surface area (Å²) in [5.74, 6) is 6.35. The van der Waals surface area contributed by atoms with Crippen LogP contribution < -0.4 is 16.0 Å². The first kappa shape index (κ1) is 31.2. The molecule has 9 nitrogen and oxygen atoms in total. The number of anilines is 3. The maximum Gasteiger partial charge on any atom is 0.246 e. The predicted octanol–water partition coefficient (Wildman–Crippen LogP) is 3.78. The van der Waals surface area contributed by atoms with Gasteiger partial charge in [-0.3, -0.25) is 9.59 Å². The van der Waals surface area contributed by atoms with Crippen LogP contribution in [0.3, 0.4) is 0 Å². The first-order chi connectivity index (χ1) is 18.5. The second-order valence-corrected chi connectivity index (χ2v) is 10.1. The van der Waals surface area contributed by atoms with E-state index in [4.69, 9.17) is 0 Å². The summed E-state index contributed by atoms with van der Waals surface area (Å²) in [6.45, 7) is 7.55. The van der Waals surface area contributed by atoms with Crippen LogP contribution in [0.25, 0.3) is 0 Å². The lowest BCUT2D eigenvalue weighted by molar-refractivity contribution is -0.127. The van der Waals surface area contributed by atoms with Gasteiger partial charge in [-0.1, -0.05) is 30.9 Å². The molecule has 0 fully saturated rings. The van der Waals surface area contributed by atoms with Crippen molar-refractivity contribution in [1.82, 2.24) is 25.1 Å². The second kappa shape index (κ2) is 15.4. The van der Waals surface area contributed by atoms with Crippen LogP contribution >= 0.6 is 0 Å². The van der Waals surface area contributed by atoms with Crippen molar-refractivity contribution in [2.24, 2.45) is 0 Å². The summed E-state index contributed by atoms with van der Waals surface area (Å²) in [6, 6.07) is 6.06. The molecule has 1 heterocycles. The highest BCUT2D eigenvalue weighted by Gasteiger charge is 2.23. The summed E-state index contributed by atoms with van der Waals surface area (Å²) < 4.78 is 13.5. The Labute approximate surface area is 231 Å². The number of likely N-dealkylation sites (N-methyl/N-ethyl adjacent to an activating group) is 2. The van der Waals surface area contributed by atoms with Gasteiger partial charge < -0.3 is 25.8 Å². The standard InChI is InChI=1S/C29H40FN7O2/c1-7-17-31-27-22(20-32-28(34-27)33-24-14-10-13-23(30)19-24)12-8-9-15-25(38)35-29(2,3)21-37(6)26(39)16-11-18-36(4)5/h10-11,13-14,16,19-20H,7,9,15,17-18,21H2,1-6H3,(H,35,38)(H2,31,32,33,34). The monoisotopic (exact) mass is 537 g/mol. The van der Waals surface area contributed by atoms with E-state index in [9.17, 15) is 14.0 Å². The molecular weight excluding hydrogens is 497 g/mol. The number of nitrogens with one attached hydrogen (secondary N) is 3. The maximum atomic E-state index is 13.5. The summed E-state index contributed by atoms with van der Waals surface area (Å²) in [4.78, 5) is 37.2. The van der Waals surface area contributed by atoms with Gasteiger partial charge in [0.05, 0.1) is 17.3 Å². The van der Waals surface area contributed by atoms with Crippen LogP contribution in [0, 0.1) is 17.7 Å². The molecule has 0 aliphatic rings. The van der Waals surface area contributed by atoms with E-state index < -0.39 is 5.54 Å². The fourth-order valence-electron chi connectivity index (χ4n) is 3.58. The van der Waals surface area contributed by atoms with Crippen LogP contribution in [0.4, 0.5) is 21.8 Å². The molecule has 0 aliphatic carbocycles. The third kappa shape index (κ3) is 12.0. The van der Waals surface area contributed by atoms with Crippen molar-refractivity contribution in [3.8, 4) is 11.8 Å². The Morgan fingerprint density at radius 2 is 1.97 bits per heavy atom. The van der Waals surface area contributed by atoms with Gasteiger partial charge in [-0.2, -0.15) is 4.98 Å². The number of hydrogen-bond donors (Lipinski definition) is 3. The van der Waals surface area contributed by atoms with E-state index in [1.54, 1.807) is 36.4 Å². The largest absolute Gasteiger partial charge is 0.369 e. The van der Waals surface area contributed by atoms with Gasteiger partial charge in [0.15, 0.2) is 0 Å². The van der Waals surface area contributed by atoms with E-state index in [2.05, 4.69) is 37.8 Å². The highest BCUT2D eigenvalue weighted by Crippen LogP contribution is 2.18. The number of amides is 2. The Bertz CT molecular complexity index is 1200. The van der Waals surface area contributed by atoms with Crippen LogP contribution in [-0.2, 0) is 9.59 Å². The maximum absolute atomic E-state index is 13.5. The number of halogens is 1. The van der Waals surface area contributed by atoms with Crippen LogP contribution in [0.2, 0.25) is 0 Å². The first-order valence-electron chi connectivity index (χ1n) is 13.0. The molecule has 2 rings (SSSR count). The number of rotatable bonds is 13. The van der Waals surface area contributed by atoms with Crippen molar-refractivity contribution in [1.29, 1.82) is 0 Å². The summed E-state index contributed by atoms with van der Waals surface area (Å²) in [7, 11) is 5.58. The average Bonchev–Trinajstić information content (AvgIpc) is 2.85. The smallest absolute Gasteiger partial charge is 0.246 e. The highest BCUT2D eigenvalue weighted by atomic mass is 19.1. The van der Waals surface area contributed by atoms with E-state index in [0.29, 0.717) is 49.1 Å². The van der Waals surface area contributed by atoms with Gasteiger partial charge in [0.2, 0.25) is 17.8 Å². The molecule has 0 bridgehead atoms. The topological polar surface area (TPSA) is 102 Å². The van der Waals surface area contributed by atoms with Crippen LogP contribution in [0.5, 0.6) is 0 Å². The SMILES string of the molecule is CCCNc1nc(Nc2cccc(F)c2)ncc1C#CCCC(=O)NC(C)(C)CN(C)C(=O)C=CCN(C)C. The van der Waals surface area contributed by atoms with Crippen molar-refractivity contribution in [2.45, 2.75) is 45.6 Å². The summed E-state index contributed by atoms with van der Waals surface area (Å²) in [5.41, 5.74) is 0.553. The fraction of sp³-hybridized carbons (Fsp3) is 0.448. The third-order valence-electron chi connectivity index (χ3n) is 5.33. The number of aromatic nitrogens is 2. The lowest BCUT2D eigenvalue weighted by Gasteiger charge is -2.31. The van der Waals surface area contributed by atoms with Gasteiger partial charge in [0.1, 0.15) is 11.6 Å². The Kier molecular flexibility index (Phi) is 12.4. The minimum atomic E-state index is -0.597. The van der Waals surface area contributed by atoms with E-state index >= 15 is 0 Å². The zero-order chi connectivity index (χ0) is 28.8. The molecule has 10 heteroatoms. The zero-order valence-electron chi connectivity index (χ0n) is 23.8. The van der Waals surface area contributed by atoms with Gasteiger partial charge in [-0.05, 0) is 52.6 Å². The summed E-state index contributed by atoms with van der Waals surface area (Å²) >= 11 is 0. The van der Waals surface area contributed by atoms with Crippen LogP contribution in [-0.4, -0.2) is 77.9 Å². The number of benzene rings is 1. The van der Waals surface area contributed by atoms with Crippen molar-refractivity contribution < 1.29 is 14.0 Å². The molecule has 0 spiro atoms. The molecule has 0 atom stereocenters. The number of hydrogen-bond acceptors (Lipinski definition) is 7. The molecule has 0 radical (unpaired) electrons. The van der Waals surface area contributed by atoms with Crippen molar-refractivity contribution >= 4 is 29.3 Å². The minimum Gasteiger partial charge on any atom is -0.369 e. The molecule has 0 saturated carbocycles. The Balaban J connectivity index is 1.94. The minimum absolute atomic E-state index is 0.114. The van der Waals surface area contributed by atoms with Crippen LogP contribution in [0.15, 0.2) is 42.6 Å². The molecule has 0 unspecified atom stereocenters. The molecule has 3 N–H and O–H groups in total. The molecule has 210 valence electrons. The highest BCUT2D eigenvalue weighted by molar-refractivity contribution is 5.87. The summed E-state index contributed by atoms with van der Waals surface area (Å²) in [6.07, 6.45) is 6.42. The van der Waals surface area contributed by atoms with E-state index in [1.165, 1.54) is 12.1 Å². The lowest BCUT2D eigenvalue weighted by Crippen LogP contribution is -2.51. The van der Waals surface area contributed by atoms with Gasteiger partial charge >= 0.3 is 0 Å².